The quantitative estimate of drug-likeness (QED) is 0.868. The molecule has 2 rings (SSSR count). The van der Waals surface area contributed by atoms with Crippen molar-refractivity contribution in [3.05, 3.63) is 42.1 Å². The van der Waals surface area contributed by atoms with Crippen molar-refractivity contribution in [3.8, 4) is 0 Å². The normalized spacial score (nSPS) is 14.8. The zero-order valence-electron chi connectivity index (χ0n) is 10.8. The van der Waals surface area contributed by atoms with Crippen LogP contribution in [0.2, 0.25) is 0 Å². The highest BCUT2D eigenvalue weighted by molar-refractivity contribution is 5.79. The van der Waals surface area contributed by atoms with Crippen molar-refractivity contribution in [2.75, 3.05) is 7.05 Å². The fraction of sp³-hybridized carbons (Fsp3) is 0.400. The molecule has 2 unspecified atom stereocenters. The van der Waals surface area contributed by atoms with Crippen molar-refractivity contribution < 1.29 is 0 Å². The predicted octanol–water partition coefficient (Wildman–Crippen LogP) is 3.34. The molecule has 1 N–H and O–H groups in total. The third-order valence-electron chi connectivity index (χ3n) is 3.40. The van der Waals surface area contributed by atoms with Gasteiger partial charge in [0.15, 0.2) is 0 Å². The summed E-state index contributed by atoms with van der Waals surface area (Å²) in [5.41, 5.74) is 2.47. The predicted molar refractivity (Wildman–Crippen MR) is 73.3 cm³/mol. The van der Waals surface area contributed by atoms with Gasteiger partial charge in [0.05, 0.1) is 5.52 Å². The SMILES string of the molecule is CNC(C)CC(C)c1ccc2ncccc2c1. The molecule has 0 saturated heterocycles. The maximum absolute atomic E-state index is 4.35. The van der Waals surface area contributed by atoms with Crippen LogP contribution in [-0.4, -0.2) is 18.1 Å². The molecule has 0 aliphatic rings. The molecule has 1 aromatic carbocycles. The average Bonchev–Trinajstić information content (AvgIpc) is 2.38. The van der Waals surface area contributed by atoms with Gasteiger partial charge in [-0.15, -0.1) is 0 Å². The Morgan fingerprint density at radius 2 is 2.06 bits per heavy atom. The van der Waals surface area contributed by atoms with Gasteiger partial charge in [0.2, 0.25) is 0 Å². The van der Waals surface area contributed by atoms with E-state index in [1.54, 1.807) is 0 Å². The van der Waals surface area contributed by atoms with Gasteiger partial charge in [-0.2, -0.15) is 0 Å². The highest BCUT2D eigenvalue weighted by atomic mass is 14.8. The van der Waals surface area contributed by atoms with Crippen molar-refractivity contribution in [2.45, 2.75) is 32.2 Å². The second-order valence-corrected chi connectivity index (χ2v) is 4.78. The molecule has 0 fully saturated rings. The van der Waals surface area contributed by atoms with Gasteiger partial charge in [0, 0.05) is 17.6 Å². The number of benzene rings is 1. The molecule has 0 bridgehead atoms. The third-order valence-corrected chi connectivity index (χ3v) is 3.40. The van der Waals surface area contributed by atoms with Crippen LogP contribution < -0.4 is 5.32 Å². The monoisotopic (exact) mass is 228 g/mol. The van der Waals surface area contributed by atoms with E-state index in [1.807, 2.05) is 19.3 Å². The smallest absolute Gasteiger partial charge is 0.0702 e. The van der Waals surface area contributed by atoms with Gasteiger partial charge in [-0.05, 0) is 50.1 Å². The van der Waals surface area contributed by atoms with Crippen molar-refractivity contribution in [3.63, 3.8) is 0 Å². The van der Waals surface area contributed by atoms with Crippen molar-refractivity contribution >= 4 is 10.9 Å². The fourth-order valence-corrected chi connectivity index (χ4v) is 2.18. The van der Waals surface area contributed by atoms with Crippen molar-refractivity contribution in [1.29, 1.82) is 0 Å². The molecule has 1 heterocycles. The number of nitrogens with zero attached hydrogens (tertiary/aromatic N) is 1. The van der Waals surface area contributed by atoms with Gasteiger partial charge >= 0.3 is 0 Å². The minimum atomic E-state index is 0.551. The molecule has 0 aliphatic heterocycles. The first-order chi connectivity index (χ1) is 8.20. The largest absolute Gasteiger partial charge is 0.317 e. The van der Waals surface area contributed by atoms with Crippen molar-refractivity contribution in [1.82, 2.24) is 10.3 Å². The summed E-state index contributed by atoms with van der Waals surface area (Å²) in [4.78, 5) is 4.35. The van der Waals surface area contributed by atoms with E-state index in [-0.39, 0.29) is 0 Å². The lowest BCUT2D eigenvalue weighted by molar-refractivity contribution is 0.516. The molecule has 17 heavy (non-hydrogen) atoms. The Labute approximate surface area is 103 Å². The highest BCUT2D eigenvalue weighted by Gasteiger charge is 2.09. The van der Waals surface area contributed by atoms with Crippen LogP contribution in [0.3, 0.4) is 0 Å². The molecule has 0 radical (unpaired) electrons. The van der Waals surface area contributed by atoms with E-state index in [0.29, 0.717) is 12.0 Å². The van der Waals surface area contributed by atoms with E-state index in [0.717, 1.165) is 11.9 Å². The zero-order valence-corrected chi connectivity index (χ0v) is 10.8. The maximum atomic E-state index is 4.35. The third kappa shape index (κ3) is 2.83. The number of fused-ring (bicyclic) bond motifs is 1. The number of nitrogens with one attached hydrogen (secondary N) is 1. The Morgan fingerprint density at radius 1 is 1.24 bits per heavy atom. The first kappa shape index (κ1) is 12.1. The van der Waals surface area contributed by atoms with Crippen LogP contribution >= 0.6 is 0 Å². The van der Waals surface area contributed by atoms with E-state index >= 15 is 0 Å². The fourth-order valence-electron chi connectivity index (χ4n) is 2.18. The molecule has 0 spiro atoms. The summed E-state index contributed by atoms with van der Waals surface area (Å²) in [7, 11) is 2.02. The van der Waals surface area contributed by atoms with Crippen LogP contribution in [0, 0.1) is 0 Å². The molecular weight excluding hydrogens is 208 g/mol. The Bertz CT molecular complexity index is 493. The first-order valence-electron chi connectivity index (χ1n) is 6.22. The summed E-state index contributed by atoms with van der Waals surface area (Å²) >= 11 is 0. The van der Waals surface area contributed by atoms with E-state index in [9.17, 15) is 0 Å². The second-order valence-electron chi connectivity index (χ2n) is 4.78. The summed E-state index contributed by atoms with van der Waals surface area (Å²) in [6.45, 7) is 4.50. The Kier molecular flexibility index (Phi) is 3.75. The van der Waals surface area contributed by atoms with Crippen LogP contribution in [0.5, 0.6) is 0 Å². The van der Waals surface area contributed by atoms with E-state index in [2.05, 4.69) is 48.4 Å². The molecule has 0 saturated carbocycles. The average molecular weight is 228 g/mol. The number of pyridine rings is 1. The van der Waals surface area contributed by atoms with Crippen LogP contribution in [0.1, 0.15) is 31.7 Å². The van der Waals surface area contributed by atoms with Gasteiger partial charge in [-0.25, -0.2) is 0 Å². The standard InChI is InChI=1S/C15H20N2/c1-11(9-12(2)16-3)13-6-7-15-14(10-13)5-4-8-17-15/h4-8,10-12,16H,9H2,1-3H3. The summed E-state index contributed by atoms with van der Waals surface area (Å²) in [6.07, 6.45) is 3.00. The Balaban J connectivity index is 2.23. The number of aromatic nitrogens is 1. The molecule has 2 heteroatoms. The van der Waals surface area contributed by atoms with Crippen LogP contribution in [-0.2, 0) is 0 Å². The maximum Gasteiger partial charge on any atom is 0.0702 e. The van der Waals surface area contributed by atoms with Gasteiger partial charge in [0.1, 0.15) is 0 Å². The first-order valence-corrected chi connectivity index (χ1v) is 6.22. The summed E-state index contributed by atoms with van der Waals surface area (Å²) < 4.78 is 0. The van der Waals surface area contributed by atoms with Crippen LogP contribution in [0.25, 0.3) is 10.9 Å². The lowest BCUT2D eigenvalue weighted by Crippen LogP contribution is -2.22. The Morgan fingerprint density at radius 3 is 2.82 bits per heavy atom. The molecule has 0 amide bonds. The van der Waals surface area contributed by atoms with Gasteiger partial charge in [-0.1, -0.05) is 19.1 Å². The summed E-state index contributed by atoms with van der Waals surface area (Å²) in [5.74, 6) is 0.571. The zero-order chi connectivity index (χ0) is 12.3. The topological polar surface area (TPSA) is 24.9 Å². The highest BCUT2D eigenvalue weighted by Crippen LogP contribution is 2.23. The molecule has 2 nitrogen and oxygen atoms in total. The second kappa shape index (κ2) is 5.28. The molecule has 1 aromatic heterocycles. The number of hydrogen-bond acceptors (Lipinski definition) is 2. The van der Waals surface area contributed by atoms with Crippen LogP contribution in [0.4, 0.5) is 0 Å². The van der Waals surface area contributed by atoms with Gasteiger partial charge in [0.25, 0.3) is 0 Å². The minimum Gasteiger partial charge on any atom is -0.317 e. The van der Waals surface area contributed by atoms with E-state index in [1.165, 1.54) is 10.9 Å². The number of hydrogen-bond donors (Lipinski definition) is 1. The molecule has 2 aromatic rings. The molecule has 90 valence electrons. The lowest BCUT2D eigenvalue weighted by Gasteiger charge is -2.17. The van der Waals surface area contributed by atoms with E-state index < -0.39 is 0 Å². The molecule has 0 aliphatic carbocycles. The summed E-state index contributed by atoms with van der Waals surface area (Å²) in [6, 6.07) is 11.2. The van der Waals surface area contributed by atoms with Crippen molar-refractivity contribution in [2.24, 2.45) is 0 Å². The van der Waals surface area contributed by atoms with Crippen LogP contribution in [0.15, 0.2) is 36.5 Å². The summed E-state index contributed by atoms with van der Waals surface area (Å²) in [5, 5.41) is 4.52. The lowest BCUT2D eigenvalue weighted by atomic mass is 9.93. The minimum absolute atomic E-state index is 0.551. The van der Waals surface area contributed by atoms with Gasteiger partial charge in [-0.3, -0.25) is 4.98 Å². The molecule has 2 atom stereocenters. The number of rotatable bonds is 4. The van der Waals surface area contributed by atoms with E-state index in [4.69, 9.17) is 0 Å². The molecular formula is C15H20N2. The van der Waals surface area contributed by atoms with Gasteiger partial charge < -0.3 is 5.32 Å². The Hall–Kier alpha value is -1.41.